The molecule has 4 nitrogen and oxygen atoms in total. The first kappa shape index (κ1) is 21.4. The molecule has 2 amide bonds. The molecule has 30 heavy (non-hydrogen) atoms. The number of alkyl halides is 3. The molecular weight excluding hydrogens is 417 g/mol. The van der Waals surface area contributed by atoms with Crippen LogP contribution in [0.5, 0.6) is 0 Å². The lowest BCUT2D eigenvalue weighted by molar-refractivity contribution is -0.137. The van der Waals surface area contributed by atoms with Crippen LogP contribution in [0, 0.1) is 6.92 Å². The Morgan fingerprint density at radius 2 is 1.50 bits per heavy atom. The third-order valence-electron chi connectivity index (χ3n) is 4.31. The van der Waals surface area contributed by atoms with Crippen LogP contribution in [-0.2, 0) is 6.18 Å². The number of carbonyl (C=O) groups excluding carboxylic acids is 2. The van der Waals surface area contributed by atoms with Gasteiger partial charge in [0.05, 0.1) is 10.6 Å². The number of hydrogen-bond acceptors (Lipinski definition) is 2. The molecule has 0 aliphatic heterocycles. The molecule has 0 fully saturated rings. The van der Waals surface area contributed by atoms with E-state index >= 15 is 0 Å². The van der Waals surface area contributed by atoms with Crippen LogP contribution in [0.4, 0.5) is 24.5 Å². The van der Waals surface area contributed by atoms with E-state index in [1.165, 1.54) is 12.1 Å². The quantitative estimate of drug-likeness (QED) is 0.517. The molecule has 2 N–H and O–H groups in total. The SMILES string of the molecule is Cc1ccc(NC(=O)c2ccc(Cl)c(C(F)(F)F)c2)cc1NC(=O)c1ccccc1. The topological polar surface area (TPSA) is 58.2 Å². The van der Waals surface area contributed by atoms with Crippen LogP contribution in [0.15, 0.2) is 66.7 Å². The Morgan fingerprint density at radius 3 is 2.17 bits per heavy atom. The number of aryl methyl sites for hydroxylation is 1. The molecule has 0 aliphatic rings. The van der Waals surface area contributed by atoms with Crippen molar-refractivity contribution in [3.05, 3.63) is 94.0 Å². The summed E-state index contributed by atoms with van der Waals surface area (Å²) in [6, 6.07) is 16.3. The van der Waals surface area contributed by atoms with E-state index in [1.807, 2.05) is 0 Å². The Labute approximate surface area is 175 Å². The number of hydrogen-bond donors (Lipinski definition) is 2. The highest BCUT2D eigenvalue weighted by Gasteiger charge is 2.33. The number of amides is 2. The normalized spacial score (nSPS) is 11.1. The summed E-state index contributed by atoms with van der Waals surface area (Å²) in [4.78, 5) is 24.8. The fourth-order valence-electron chi connectivity index (χ4n) is 2.71. The first-order chi connectivity index (χ1) is 14.1. The maximum Gasteiger partial charge on any atom is 0.417 e. The monoisotopic (exact) mass is 432 g/mol. The predicted octanol–water partition coefficient (Wildman–Crippen LogP) is 6.17. The van der Waals surface area contributed by atoms with E-state index in [-0.39, 0.29) is 11.5 Å². The number of nitrogens with one attached hydrogen (secondary N) is 2. The maximum absolute atomic E-state index is 13.0. The van der Waals surface area contributed by atoms with Crippen LogP contribution in [0.3, 0.4) is 0 Å². The van der Waals surface area contributed by atoms with Crippen LogP contribution in [-0.4, -0.2) is 11.8 Å². The number of carbonyl (C=O) groups is 2. The van der Waals surface area contributed by atoms with Crippen molar-refractivity contribution in [2.24, 2.45) is 0 Å². The molecule has 0 saturated heterocycles. The van der Waals surface area contributed by atoms with Gasteiger partial charge in [-0.3, -0.25) is 9.59 Å². The highest BCUT2D eigenvalue weighted by molar-refractivity contribution is 6.31. The molecular formula is C22H16ClF3N2O2. The number of halogens is 4. The van der Waals surface area contributed by atoms with Gasteiger partial charge in [0, 0.05) is 22.5 Å². The van der Waals surface area contributed by atoms with Gasteiger partial charge >= 0.3 is 6.18 Å². The Bertz CT molecular complexity index is 1100. The summed E-state index contributed by atoms with van der Waals surface area (Å²) in [5, 5.41) is 4.81. The fraction of sp³-hybridized carbons (Fsp3) is 0.0909. The highest BCUT2D eigenvalue weighted by Crippen LogP contribution is 2.35. The average Bonchev–Trinajstić information content (AvgIpc) is 2.70. The molecule has 0 aliphatic carbocycles. The Hall–Kier alpha value is -3.32. The van der Waals surface area contributed by atoms with Crippen molar-refractivity contribution in [3.63, 3.8) is 0 Å². The standard InChI is InChI=1S/C22H16ClF3N2O2/c1-13-7-9-16(12-19(13)28-20(29)14-5-3-2-4-6-14)27-21(30)15-8-10-18(23)17(11-15)22(24,25)26/h2-12H,1H3,(H,27,30)(H,28,29). The maximum atomic E-state index is 13.0. The van der Waals surface area contributed by atoms with Crippen LogP contribution in [0.25, 0.3) is 0 Å². The van der Waals surface area contributed by atoms with E-state index in [4.69, 9.17) is 11.6 Å². The Balaban J connectivity index is 1.80. The zero-order valence-corrected chi connectivity index (χ0v) is 16.4. The molecule has 3 rings (SSSR count). The van der Waals surface area contributed by atoms with Crippen molar-refractivity contribution in [2.45, 2.75) is 13.1 Å². The Morgan fingerprint density at radius 1 is 0.833 bits per heavy atom. The lowest BCUT2D eigenvalue weighted by atomic mass is 10.1. The van der Waals surface area contributed by atoms with E-state index < -0.39 is 22.7 Å². The summed E-state index contributed by atoms with van der Waals surface area (Å²) in [6.07, 6.45) is -4.67. The second-order valence-corrected chi connectivity index (χ2v) is 6.90. The number of anilines is 2. The van der Waals surface area contributed by atoms with Gasteiger partial charge in [-0.1, -0.05) is 35.9 Å². The van der Waals surface area contributed by atoms with Crippen LogP contribution < -0.4 is 10.6 Å². The van der Waals surface area contributed by atoms with Crippen molar-refractivity contribution in [1.82, 2.24) is 0 Å². The third kappa shape index (κ3) is 4.99. The molecule has 0 atom stereocenters. The van der Waals surface area contributed by atoms with Crippen LogP contribution >= 0.6 is 11.6 Å². The van der Waals surface area contributed by atoms with Crippen molar-refractivity contribution >= 4 is 34.8 Å². The molecule has 3 aromatic carbocycles. The summed E-state index contributed by atoms with van der Waals surface area (Å²) in [6.45, 7) is 1.78. The Kier molecular flexibility index (Phi) is 6.12. The summed E-state index contributed by atoms with van der Waals surface area (Å²) >= 11 is 5.59. The summed E-state index contributed by atoms with van der Waals surface area (Å²) in [7, 11) is 0. The minimum absolute atomic E-state index is 0.192. The highest BCUT2D eigenvalue weighted by atomic mass is 35.5. The van der Waals surface area contributed by atoms with Gasteiger partial charge in [-0.15, -0.1) is 0 Å². The zero-order valence-electron chi connectivity index (χ0n) is 15.7. The van der Waals surface area contributed by atoms with Crippen molar-refractivity contribution < 1.29 is 22.8 Å². The zero-order chi connectivity index (χ0) is 21.9. The second kappa shape index (κ2) is 8.59. The van der Waals surface area contributed by atoms with Gasteiger partial charge in [-0.25, -0.2) is 0 Å². The smallest absolute Gasteiger partial charge is 0.322 e. The lowest BCUT2D eigenvalue weighted by Crippen LogP contribution is -2.15. The lowest BCUT2D eigenvalue weighted by Gasteiger charge is -2.13. The molecule has 3 aromatic rings. The predicted molar refractivity (Wildman–Crippen MR) is 110 cm³/mol. The van der Waals surface area contributed by atoms with Gasteiger partial charge in [-0.2, -0.15) is 13.2 Å². The molecule has 0 radical (unpaired) electrons. The van der Waals surface area contributed by atoms with Crippen molar-refractivity contribution in [2.75, 3.05) is 10.6 Å². The average molecular weight is 433 g/mol. The van der Waals surface area contributed by atoms with Gasteiger partial charge in [-0.05, 0) is 55.0 Å². The third-order valence-corrected chi connectivity index (χ3v) is 4.64. The summed E-state index contributed by atoms with van der Waals surface area (Å²) < 4.78 is 39.1. The summed E-state index contributed by atoms with van der Waals surface area (Å²) in [5.41, 5.74) is 0.722. The van der Waals surface area contributed by atoms with Crippen molar-refractivity contribution in [1.29, 1.82) is 0 Å². The largest absolute Gasteiger partial charge is 0.417 e. The van der Waals surface area contributed by atoms with E-state index in [2.05, 4.69) is 10.6 Å². The molecule has 8 heteroatoms. The second-order valence-electron chi connectivity index (χ2n) is 6.50. The van der Waals surface area contributed by atoms with E-state index in [9.17, 15) is 22.8 Å². The fourth-order valence-corrected chi connectivity index (χ4v) is 2.93. The molecule has 0 saturated carbocycles. The minimum Gasteiger partial charge on any atom is -0.322 e. The molecule has 0 bridgehead atoms. The molecule has 0 aromatic heterocycles. The van der Waals surface area contributed by atoms with E-state index in [0.717, 1.165) is 11.6 Å². The first-order valence-electron chi connectivity index (χ1n) is 8.80. The van der Waals surface area contributed by atoms with E-state index in [0.29, 0.717) is 23.0 Å². The van der Waals surface area contributed by atoms with Gasteiger partial charge in [0.2, 0.25) is 0 Å². The molecule has 154 valence electrons. The van der Waals surface area contributed by atoms with Crippen LogP contribution in [0.2, 0.25) is 5.02 Å². The van der Waals surface area contributed by atoms with Gasteiger partial charge in [0.1, 0.15) is 0 Å². The molecule has 0 unspecified atom stereocenters. The first-order valence-corrected chi connectivity index (χ1v) is 9.18. The van der Waals surface area contributed by atoms with Crippen molar-refractivity contribution in [3.8, 4) is 0 Å². The van der Waals surface area contributed by atoms with Gasteiger partial charge in [0.25, 0.3) is 11.8 Å². The number of benzene rings is 3. The molecule has 0 heterocycles. The van der Waals surface area contributed by atoms with Crippen LogP contribution in [0.1, 0.15) is 31.8 Å². The van der Waals surface area contributed by atoms with Gasteiger partial charge in [0.15, 0.2) is 0 Å². The minimum atomic E-state index is -4.67. The summed E-state index contributed by atoms with van der Waals surface area (Å²) in [5.74, 6) is -1.06. The molecule has 0 spiro atoms. The number of rotatable bonds is 4. The van der Waals surface area contributed by atoms with E-state index in [1.54, 1.807) is 49.4 Å². The van der Waals surface area contributed by atoms with Gasteiger partial charge < -0.3 is 10.6 Å².